The van der Waals surface area contributed by atoms with Gasteiger partial charge in [0.2, 0.25) is 10.0 Å². The third-order valence-electron chi connectivity index (χ3n) is 3.83. The predicted octanol–water partition coefficient (Wildman–Crippen LogP) is 2.37. The van der Waals surface area contributed by atoms with Crippen molar-refractivity contribution in [2.75, 3.05) is 6.61 Å². The molecule has 0 aromatic heterocycles. The van der Waals surface area contributed by atoms with Crippen LogP contribution in [0.15, 0.2) is 29.2 Å². The van der Waals surface area contributed by atoms with Crippen LogP contribution in [0.5, 0.6) is 0 Å². The van der Waals surface area contributed by atoms with Gasteiger partial charge in [-0.25, -0.2) is 12.8 Å². The normalized spacial score (nSPS) is 17.9. The van der Waals surface area contributed by atoms with Crippen molar-refractivity contribution in [3.63, 3.8) is 0 Å². The second-order valence-electron chi connectivity index (χ2n) is 5.42. The van der Waals surface area contributed by atoms with E-state index in [4.69, 9.17) is 4.74 Å². The Morgan fingerprint density at radius 2 is 1.82 bits per heavy atom. The summed E-state index contributed by atoms with van der Waals surface area (Å²) >= 11 is 0. The van der Waals surface area contributed by atoms with Crippen LogP contribution >= 0.6 is 0 Å². The highest BCUT2D eigenvalue weighted by atomic mass is 32.2. The molecule has 1 N–H and O–H groups in total. The fourth-order valence-electron chi connectivity index (χ4n) is 2.70. The van der Waals surface area contributed by atoms with Gasteiger partial charge in [0.1, 0.15) is 11.4 Å². The predicted molar refractivity (Wildman–Crippen MR) is 79.2 cm³/mol. The maximum atomic E-state index is 12.9. The van der Waals surface area contributed by atoms with E-state index < -0.39 is 27.3 Å². The lowest BCUT2D eigenvalue weighted by Gasteiger charge is -2.35. The standard InChI is InChI=1S/C15H20FNO4S/c1-2-21-14(18)15(10-4-3-5-11-15)17-22(19,20)13-8-6-12(16)7-9-13/h6-9,17H,2-5,10-11H2,1H3. The van der Waals surface area contributed by atoms with Crippen molar-refractivity contribution in [1.82, 2.24) is 4.72 Å². The third kappa shape index (κ3) is 3.64. The minimum Gasteiger partial charge on any atom is -0.465 e. The van der Waals surface area contributed by atoms with Crippen LogP contribution in [0, 0.1) is 5.82 Å². The van der Waals surface area contributed by atoms with Crippen LogP contribution in [0.1, 0.15) is 39.0 Å². The average molecular weight is 329 g/mol. The molecule has 0 bridgehead atoms. The molecule has 0 radical (unpaired) electrons. The van der Waals surface area contributed by atoms with Crippen molar-refractivity contribution in [1.29, 1.82) is 0 Å². The fraction of sp³-hybridized carbons (Fsp3) is 0.533. The zero-order valence-corrected chi connectivity index (χ0v) is 13.3. The van der Waals surface area contributed by atoms with E-state index in [9.17, 15) is 17.6 Å². The molecule has 7 heteroatoms. The molecule has 0 heterocycles. The van der Waals surface area contributed by atoms with E-state index in [1.54, 1.807) is 6.92 Å². The van der Waals surface area contributed by atoms with Crippen molar-refractivity contribution in [3.8, 4) is 0 Å². The summed E-state index contributed by atoms with van der Waals surface area (Å²) in [5, 5.41) is 0. The summed E-state index contributed by atoms with van der Waals surface area (Å²) < 4.78 is 45.5. The number of ether oxygens (including phenoxy) is 1. The number of carbonyl (C=O) groups excluding carboxylic acids is 1. The second kappa shape index (κ2) is 6.75. The first-order chi connectivity index (χ1) is 10.4. The first kappa shape index (κ1) is 16.9. The van der Waals surface area contributed by atoms with E-state index in [1.807, 2.05) is 0 Å². The minimum atomic E-state index is -3.92. The zero-order valence-electron chi connectivity index (χ0n) is 12.5. The number of esters is 1. The van der Waals surface area contributed by atoms with E-state index >= 15 is 0 Å². The number of benzene rings is 1. The Hall–Kier alpha value is -1.47. The Morgan fingerprint density at radius 1 is 1.23 bits per heavy atom. The largest absolute Gasteiger partial charge is 0.465 e. The quantitative estimate of drug-likeness (QED) is 0.842. The van der Waals surface area contributed by atoms with Gasteiger partial charge in [-0.3, -0.25) is 4.79 Å². The smallest absolute Gasteiger partial charge is 0.327 e. The summed E-state index contributed by atoms with van der Waals surface area (Å²) in [7, 11) is -3.92. The van der Waals surface area contributed by atoms with Crippen LogP contribution in [0.4, 0.5) is 4.39 Å². The van der Waals surface area contributed by atoms with Gasteiger partial charge < -0.3 is 4.74 Å². The summed E-state index contributed by atoms with van der Waals surface area (Å²) in [6.45, 7) is 1.88. The number of sulfonamides is 1. The van der Waals surface area contributed by atoms with E-state index in [-0.39, 0.29) is 11.5 Å². The molecule has 5 nitrogen and oxygen atoms in total. The van der Waals surface area contributed by atoms with Gasteiger partial charge in [0.15, 0.2) is 0 Å². The Labute approximate surface area is 129 Å². The molecule has 0 atom stereocenters. The summed E-state index contributed by atoms with van der Waals surface area (Å²) in [6.07, 6.45) is 3.29. The van der Waals surface area contributed by atoms with Gasteiger partial charge in [-0.1, -0.05) is 19.3 Å². The molecule has 0 aliphatic heterocycles. The summed E-state index contributed by atoms with van der Waals surface area (Å²) in [5.41, 5.74) is -1.22. The van der Waals surface area contributed by atoms with Crippen molar-refractivity contribution in [2.45, 2.75) is 49.5 Å². The second-order valence-corrected chi connectivity index (χ2v) is 7.11. The van der Waals surface area contributed by atoms with Gasteiger partial charge in [-0.15, -0.1) is 0 Å². The van der Waals surface area contributed by atoms with E-state index in [0.717, 1.165) is 31.4 Å². The molecule has 1 aliphatic carbocycles. The van der Waals surface area contributed by atoms with Gasteiger partial charge in [-0.05, 0) is 44.0 Å². The SMILES string of the molecule is CCOC(=O)C1(NS(=O)(=O)c2ccc(F)cc2)CCCCC1. The Kier molecular flexibility index (Phi) is 5.18. The molecule has 0 unspecified atom stereocenters. The summed E-state index contributed by atoms with van der Waals surface area (Å²) in [6, 6.07) is 4.51. The van der Waals surface area contributed by atoms with Crippen LogP contribution in [0.3, 0.4) is 0 Å². The van der Waals surface area contributed by atoms with Gasteiger partial charge in [0.25, 0.3) is 0 Å². The minimum absolute atomic E-state index is 0.0665. The maximum absolute atomic E-state index is 12.9. The monoisotopic (exact) mass is 329 g/mol. The molecule has 1 aliphatic rings. The molecule has 2 rings (SSSR count). The molecule has 1 aromatic carbocycles. The Bertz CT molecular complexity index is 621. The molecule has 1 saturated carbocycles. The molecule has 0 amide bonds. The molecule has 0 saturated heterocycles. The summed E-state index contributed by atoms with van der Waals surface area (Å²) in [4.78, 5) is 12.2. The Morgan fingerprint density at radius 3 is 2.36 bits per heavy atom. The van der Waals surface area contributed by atoms with Crippen LogP contribution in [0.25, 0.3) is 0 Å². The molecular formula is C15H20FNO4S. The van der Waals surface area contributed by atoms with Crippen molar-refractivity contribution in [2.24, 2.45) is 0 Å². The lowest BCUT2D eigenvalue weighted by molar-refractivity contribution is -0.151. The molecule has 1 aromatic rings. The van der Waals surface area contributed by atoms with Crippen molar-refractivity contribution in [3.05, 3.63) is 30.1 Å². The van der Waals surface area contributed by atoms with Crippen LogP contribution in [-0.2, 0) is 19.6 Å². The first-order valence-corrected chi connectivity index (χ1v) is 8.85. The van der Waals surface area contributed by atoms with Gasteiger partial charge in [0.05, 0.1) is 11.5 Å². The summed E-state index contributed by atoms with van der Waals surface area (Å²) in [5.74, 6) is -1.06. The molecule has 1 fully saturated rings. The number of rotatable bonds is 5. The molecular weight excluding hydrogens is 309 g/mol. The molecule has 0 spiro atoms. The van der Waals surface area contributed by atoms with Gasteiger partial charge in [-0.2, -0.15) is 4.72 Å². The lowest BCUT2D eigenvalue weighted by Crippen LogP contribution is -2.56. The van der Waals surface area contributed by atoms with Gasteiger partial charge in [0, 0.05) is 0 Å². The number of halogens is 1. The van der Waals surface area contributed by atoms with E-state index in [1.165, 1.54) is 12.1 Å². The number of hydrogen-bond donors (Lipinski definition) is 1. The van der Waals surface area contributed by atoms with E-state index in [0.29, 0.717) is 12.8 Å². The highest BCUT2D eigenvalue weighted by Gasteiger charge is 2.44. The average Bonchev–Trinajstić information content (AvgIpc) is 2.48. The van der Waals surface area contributed by atoms with Crippen LogP contribution in [0.2, 0.25) is 0 Å². The van der Waals surface area contributed by atoms with Crippen molar-refractivity contribution >= 4 is 16.0 Å². The Balaban J connectivity index is 2.29. The van der Waals surface area contributed by atoms with E-state index in [2.05, 4.69) is 4.72 Å². The maximum Gasteiger partial charge on any atom is 0.327 e. The highest BCUT2D eigenvalue weighted by Crippen LogP contribution is 2.31. The number of carbonyl (C=O) groups is 1. The van der Waals surface area contributed by atoms with Gasteiger partial charge >= 0.3 is 5.97 Å². The number of nitrogens with one attached hydrogen (secondary N) is 1. The number of hydrogen-bond acceptors (Lipinski definition) is 4. The molecule has 22 heavy (non-hydrogen) atoms. The third-order valence-corrected chi connectivity index (χ3v) is 5.38. The van der Waals surface area contributed by atoms with Crippen LogP contribution < -0.4 is 4.72 Å². The highest BCUT2D eigenvalue weighted by molar-refractivity contribution is 7.89. The topological polar surface area (TPSA) is 72.5 Å². The zero-order chi connectivity index (χ0) is 16.2. The fourth-order valence-corrected chi connectivity index (χ4v) is 4.12. The lowest BCUT2D eigenvalue weighted by atomic mass is 9.82. The first-order valence-electron chi connectivity index (χ1n) is 7.36. The van der Waals surface area contributed by atoms with Crippen LogP contribution in [-0.4, -0.2) is 26.5 Å². The molecule has 122 valence electrons. The van der Waals surface area contributed by atoms with Crippen molar-refractivity contribution < 1.29 is 22.3 Å².